The van der Waals surface area contributed by atoms with E-state index in [1.54, 1.807) is 11.0 Å². The molecule has 4 rings (SSSR count). The summed E-state index contributed by atoms with van der Waals surface area (Å²) >= 11 is 0. The number of benzene rings is 1. The van der Waals surface area contributed by atoms with Crippen molar-refractivity contribution in [2.75, 3.05) is 13.1 Å². The van der Waals surface area contributed by atoms with E-state index < -0.39 is 17.8 Å². The number of amides is 1. The highest BCUT2D eigenvalue weighted by atomic mass is 19.4. The van der Waals surface area contributed by atoms with Gasteiger partial charge in [0.05, 0.1) is 11.6 Å². The Kier molecular flexibility index (Phi) is 4.22. The predicted octanol–water partition coefficient (Wildman–Crippen LogP) is 3.24. The van der Waals surface area contributed by atoms with Gasteiger partial charge in [0.2, 0.25) is 5.91 Å². The molecule has 1 fully saturated rings. The standard InChI is InChI=1S/C19H22F3N3O/c20-19(21,22)13-4-3-5-15-16(13)12-10-11(6-7-14(12)24-15)17(23)18(26)25-8-1-2-9-25/h3-5,11,17,24H,1-2,6-10,23H2/t11?,17-/m0/s1. The second kappa shape index (κ2) is 6.30. The molecule has 1 unspecified atom stereocenters. The molecule has 1 amide bonds. The Balaban J connectivity index is 1.66. The summed E-state index contributed by atoms with van der Waals surface area (Å²) in [5.41, 5.74) is 7.64. The number of rotatable bonds is 2. The van der Waals surface area contributed by atoms with Crippen molar-refractivity contribution in [1.29, 1.82) is 0 Å². The monoisotopic (exact) mass is 365 g/mol. The maximum Gasteiger partial charge on any atom is 0.417 e. The van der Waals surface area contributed by atoms with Gasteiger partial charge in [-0.25, -0.2) is 0 Å². The molecule has 0 radical (unpaired) electrons. The molecule has 7 heteroatoms. The number of hydrogen-bond donors (Lipinski definition) is 2. The van der Waals surface area contributed by atoms with Gasteiger partial charge in [-0.1, -0.05) is 6.07 Å². The van der Waals surface area contributed by atoms with Gasteiger partial charge in [0.25, 0.3) is 0 Å². The van der Waals surface area contributed by atoms with Crippen LogP contribution in [-0.2, 0) is 23.8 Å². The first kappa shape index (κ1) is 17.4. The van der Waals surface area contributed by atoms with E-state index in [9.17, 15) is 18.0 Å². The minimum Gasteiger partial charge on any atom is -0.358 e. The maximum absolute atomic E-state index is 13.5. The minimum atomic E-state index is -4.41. The van der Waals surface area contributed by atoms with E-state index in [-0.39, 0.29) is 17.2 Å². The fourth-order valence-electron chi connectivity index (χ4n) is 4.40. The Labute approximate surface area is 149 Å². The maximum atomic E-state index is 13.5. The first-order chi connectivity index (χ1) is 12.4. The number of hydrogen-bond acceptors (Lipinski definition) is 2. The molecule has 1 aliphatic carbocycles. The van der Waals surface area contributed by atoms with Crippen LogP contribution in [0.25, 0.3) is 10.9 Å². The number of nitrogens with two attached hydrogens (primary N) is 1. The average molecular weight is 365 g/mol. The van der Waals surface area contributed by atoms with E-state index in [1.165, 1.54) is 6.07 Å². The molecule has 4 nitrogen and oxygen atoms in total. The quantitative estimate of drug-likeness (QED) is 0.858. The Bertz CT molecular complexity index is 836. The Morgan fingerprint density at radius 2 is 2.00 bits per heavy atom. The van der Waals surface area contributed by atoms with E-state index in [0.717, 1.165) is 37.7 Å². The molecule has 140 valence electrons. The Morgan fingerprint density at radius 3 is 2.69 bits per heavy atom. The largest absolute Gasteiger partial charge is 0.417 e. The average Bonchev–Trinajstić information content (AvgIpc) is 3.26. The molecule has 0 saturated carbocycles. The summed E-state index contributed by atoms with van der Waals surface area (Å²) in [5, 5.41) is 0.237. The second-order valence-corrected chi connectivity index (χ2v) is 7.37. The van der Waals surface area contributed by atoms with E-state index in [0.29, 0.717) is 30.3 Å². The highest BCUT2D eigenvalue weighted by molar-refractivity contribution is 5.89. The molecular weight excluding hydrogens is 343 g/mol. The summed E-state index contributed by atoms with van der Waals surface area (Å²) < 4.78 is 40.4. The Morgan fingerprint density at radius 1 is 1.27 bits per heavy atom. The molecule has 2 aromatic rings. The number of fused-ring (bicyclic) bond motifs is 3. The summed E-state index contributed by atoms with van der Waals surface area (Å²) in [6, 6.07) is 3.57. The van der Waals surface area contributed by atoms with Crippen LogP contribution in [0, 0.1) is 5.92 Å². The Hall–Kier alpha value is -2.02. The normalized spacial score (nSPS) is 21.8. The van der Waals surface area contributed by atoms with Crippen molar-refractivity contribution in [2.24, 2.45) is 11.7 Å². The number of nitrogens with one attached hydrogen (secondary N) is 1. The number of H-pyrrole nitrogens is 1. The van der Waals surface area contributed by atoms with Gasteiger partial charge in [-0.3, -0.25) is 4.79 Å². The molecule has 2 heterocycles. The van der Waals surface area contributed by atoms with Crippen molar-refractivity contribution in [1.82, 2.24) is 9.88 Å². The van der Waals surface area contributed by atoms with Crippen molar-refractivity contribution in [2.45, 2.75) is 44.3 Å². The highest BCUT2D eigenvalue weighted by Gasteiger charge is 2.37. The van der Waals surface area contributed by atoms with Crippen LogP contribution in [-0.4, -0.2) is 34.9 Å². The molecule has 0 spiro atoms. The minimum absolute atomic E-state index is 0.0631. The topological polar surface area (TPSA) is 62.1 Å². The van der Waals surface area contributed by atoms with Gasteiger partial charge in [-0.2, -0.15) is 13.2 Å². The molecule has 0 bridgehead atoms. The van der Waals surface area contributed by atoms with Gasteiger partial charge < -0.3 is 15.6 Å². The van der Waals surface area contributed by atoms with Crippen molar-refractivity contribution in [3.63, 3.8) is 0 Å². The van der Waals surface area contributed by atoms with Crippen LogP contribution < -0.4 is 5.73 Å². The summed E-state index contributed by atoms with van der Waals surface area (Å²) in [6.45, 7) is 1.46. The number of aryl methyl sites for hydroxylation is 1. The molecule has 2 atom stereocenters. The molecule has 1 aromatic carbocycles. The number of likely N-dealkylation sites (tertiary alicyclic amines) is 1. The van der Waals surface area contributed by atoms with Gasteiger partial charge in [-0.05, 0) is 55.7 Å². The zero-order valence-corrected chi connectivity index (χ0v) is 14.4. The van der Waals surface area contributed by atoms with Gasteiger partial charge in [-0.15, -0.1) is 0 Å². The molecule has 26 heavy (non-hydrogen) atoms. The summed E-state index contributed by atoms with van der Waals surface area (Å²) in [6.07, 6.45) is -0.691. The first-order valence-corrected chi connectivity index (χ1v) is 9.10. The van der Waals surface area contributed by atoms with Gasteiger partial charge in [0, 0.05) is 29.7 Å². The summed E-state index contributed by atoms with van der Waals surface area (Å²) in [4.78, 5) is 17.5. The number of carbonyl (C=O) groups excluding carboxylic acids is 1. The van der Waals surface area contributed by atoms with Crippen molar-refractivity contribution in [3.8, 4) is 0 Å². The lowest BCUT2D eigenvalue weighted by Gasteiger charge is -2.30. The number of aromatic amines is 1. The number of carbonyl (C=O) groups is 1. The molecule has 3 N–H and O–H groups in total. The number of aromatic nitrogens is 1. The lowest BCUT2D eigenvalue weighted by molar-refractivity contribution is -0.136. The van der Waals surface area contributed by atoms with Crippen LogP contribution in [0.4, 0.5) is 13.2 Å². The van der Waals surface area contributed by atoms with Crippen LogP contribution in [0.5, 0.6) is 0 Å². The third kappa shape index (κ3) is 2.88. The molecule has 2 aliphatic rings. The number of alkyl halides is 3. The van der Waals surface area contributed by atoms with Crippen molar-refractivity contribution in [3.05, 3.63) is 35.0 Å². The van der Waals surface area contributed by atoms with E-state index in [1.807, 2.05) is 0 Å². The fraction of sp³-hybridized carbons (Fsp3) is 0.526. The van der Waals surface area contributed by atoms with Crippen LogP contribution in [0.2, 0.25) is 0 Å². The molecular formula is C19H22F3N3O. The SMILES string of the molecule is N[C@H](C(=O)N1CCCC1)C1CCc2[nH]c3cccc(C(F)(F)F)c3c2C1. The fourth-order valence-corrected chi connectivity index (χ4v) is 4.40. The van der Waals surface area contributed by atoms with Crippen molar-refractivity contribution >= 4 is 16.8 Å². The molecule has 1 aromatic heterocycles. The van der Waals surface area contributed by atoms with Gasteiger partial charge >= 0.3 is 6.18 Å². The first-order valence-electron chi connectivity index (χ1n) is 9.10. The predicted molar refractivity (Wildman–Crippen MR) is 92.6 cm³/mol. The van der Waals surface area contributed by atoms with Crippen LogP contribution >= 0.6 is 0 Å². The van der Waals surface area contributed by atoms with Crippen molar-refractivity contribution < 1.29 is 18.0 Å². The van der Waals surface area contributed by atoms with Gasteiger partial charge in [0.15, 0.2) is 0 Å². The third-order valence-corrected chi connectivity index (χ3v) is 5.76. The third-order valence-electron chi connectivity index (χ3n) is 5.76. The lowest BCUT2D eigenvalue weighted by atomic mass is 9.81. The zero-order valence-electron chi connectivity index (χ0n) is 14.4. The van der Waals surface area contributed by atoms with Crippen LogP contribution in [0.3, 0.4) is 0 Å². The van der Waals surface area contributed by atoms with Crippen LogP contribution in [0.15, 0.2) is 18.2 Å². The van der Waals surface area contributed by atoms with E-state index >= 15 is 0 Å². The second-order valence-electron chi connectivity index (χ2n) is 7.37. The number of halogens is 3. The molecule has 1 saturated heterocycles. The summed E-state index contributed by atoms with van der Waals surface area (Å²) in [7, 11) is 0. The number of nitrogens with zero attached hydrogens (tertiary/aromatic N) is 1. The van der Waals surface area contributed by atoms with Gasteiger partial charge in [0.1, 0.15) is 0 Å². The van der Waals surface area contributed by atoms with Crippen LogP contribution in [0.1, 0.15) is 36.1 Å². The molecule has 1 aliphatic heterocycles. The lowest BCUT2D eigenvalue weighted by Crippen LogP contribution is -2.48. The summed E-state index contributed by atoms with van der Waals surface area (Å²) in [5.74, 6) is -0.192. The van der Waals surface area contributed by atoms with E-state index in [2.05, 4.69) is 4.98 Å². The van der Waals surface area contributed by atoms with E-state index in [4.69, 9.17) is 5.73 Å². The zero-order chi connectivity index (χ0) is 18.5. The smallest absolute Gasteiger partial charge is 0.358 e. The highest BCUT2D eigenvalue weighted by Crippen LogP contribution is 2.40.